The van der Waals surface area contributed by atoms with Gasteiger partial charge in [-0.1, -0.05) is 66.7 Å². The lowest BCUT2D eigenvalue weighted by molar-refractivity contribution is 0.414. The first-order valence-corrected chi connectivity index (χ1v) is 9.42. The second-order valence-corrected chi connectivity index (χ2v) is 7.11. The van der Waals surface area contributed by atoms with Gasteiger partial charge in [0, 0.05) is 5.92 Å². The van der Waals surface area contributed by atoms with Crippen LogP contribution in [0.1, 0.15) is 22.6 Å². The van der Waals surface area contributed by atoms with Crippen molar-refractivity contribution in [3.63, 3.8) is 0 Å². The van der Waals surface area contributed by atoms with Gasteiger partial charge in [-0.25, -0.2) is 0 Å². The summed E-state index contributed by atoms with van der Waals surface area (Å²) in [5.41, 5.74) is 8.78. The lowest BCUT2D eigenvalue weighted by Crippen LogP contribution is -2.01. The minimum absolute atomic E-state index is 0.169. The minimum atomic E-state index is 0.169. The standard InChI is InChI=1S/C26H20O2/c1-28-20-15-11-18(12-16-20)25-23-6-3-2-5-22(23)24-8-4-7-21(26(24)25)17-9-13-19(27)14-10-17/h2-16,25,27H,1H3. The van der Waals surface area contributed by atoms with Crippen LogP contribution in [0.25, 0.3) is 22.3 Å². The van der Waals surface area contributed by atoms with Crippen LogP contribution in [0.3, 0.4) is 0 Å². The largest absolute Gasteiger partial charge is 0.508 e. The van der Waals surface area contributed by atoms with E-state index in [1.807, 2.05) is 24.3 Å². The first-order valence-electron chi connectivity index (χ1n) is 9.42. The molecule has 4 aromatic rings. The predicted octanol–water partition coefficient (Wildman–Crippen LogP) is 6.23. The Bertz CT molecular complexity index is 1140. The number of phenolic OH excluding ortho intramolecular Hbond substituents is 1. The fourth-order valence-corrected chi connectivity index (χ4v) is 4.30. The highest BCUT2D eigenvalue weighted by Gasteiger charge is 2.32. The topological polar surface area (TPSA) is 29.5 Å². The van der Waals surface area contributed by atoms with Crippen molar-refractivity contribution < 1.29 is 9.84 Å². The summed E-state index contributed by atoms with van der Waals surface area (Å²) in [5, 5.41) is 9.71. The molecule has 0 heterocycles. The molecule has 0 saturated heterocycles. The molecule has 0 radical (unpaired) electrons. The minimum Gasteiger partial charge on any atom is -0.508 e. The number of aromatic hydroxyl groups is 1. The summed E-state index contributed by atoms with van der Waals surface area (Å²) in [5.74, 6) is 1.32. The molecule has 0 saturated carbocycles. The maximum absolute atomic E-state index is 9.71. The number of hydrogen-bond donors (Lipinski definition) is 1. The molecule has 0 aromatic heterocycles. The van der Waals surface area contributed by atoms with Gasteiger partial charge in [-0.3, -0.25) is 0 Å². The van der Waals surface area contributed by atoms with Gasteiger partial charge in [0.15, 0.2) is 0 Å². The highest BCUT2D eigenvalue weighted by molar-refractivity contribution is 5.88. The quantitative estimate of drug-likeness (QED) is 0.411. The summed E-state index contributed by atoms with van der Waals surface area (Å²) in [6.07, 6.45) is 0. The highest BCUT2D eigenvalue weighted by Crippen LogP contribution is 2.51. The van der Waals surface area contributed by atoms with Crippen LogP contribution in [0, 0.1) is 0 Å². The van der Waals surface area contributed by atoms with Crippen molar-refractivity contribution in [2.24, 2.45) is 0 Å². The Morgan fingerprint density at radius 2 is 1.36 bits per heavy atom. The molecular weight excluding hydrogens is 344 g/mol. The zero-order valence-corrected chi connectivity index (χ0v) is 15.6. The van der Waals surface area contributed by atoms with Crippen LogP contribution < -0.4 is 4.74 Å². The van der Waals surface area contributed by atoms with Crippen LogP contribution in [-0.4, -0.2) is 12.2 Å². The molecule has 1 N–H and O–H groups in total. The zero-order valence-electron chi connectivity index (χ0n) is 15.6. The van der Waals surface area contributed by atoms with Gasteiger partial charge in [0.05, 0.1) is 7.11 Å². The van der Waals surface area contributed by atoms with E-state index >= 15 is 0 Å². The summed E-state index contributed by atoms with van der Waals surface area (Å²) < 4.78 is 5.35. The Labute approximate surface area is 164 Å². The SMILES string of the molecule is COc1ccc(C2c3ccccc3-c3cccc(-c4ccc(O)cc4)c32)cc1. The van der Waals surface area contributed by atoms with Crippen molar-refractivity contribution in [3.05, 3.63) is 108 Å². The van der Waals surface area contributed by atoms with Crippen molar-refractivity contribution in [3.8, 4) is 33.8 Å². The van der Waals surface area contributed by atoms with Gasteiger partial charge in [-0.2, -0.15) is 0 Å². The number of fused-ring (bicyclic) bond motifs is 3. The van der Waals surface area contributed by atoms with Gasteiger partial charge in [0.25, 0.3) is 0 Å². The van der Waals surface area contributed by atoms with E-state index in [4.69, 9.17) is 4.74 Å². The average Bonchev–Trinajstić information content (AvgIpc) is 3.09. The van der Waals surface area contributed by atoms with E-state index in [-0.39, 0.29) is 11.7 Å². The van der Waals surface area contributed by atoms with Gasteiger partial charge in [0.1, 0.15) is 11.5 Å². The van der Waals surface area contributed by atoms with Gasteiger partial charge >= 0.3 is 0 Å². The molecule has 0 amide bonds. The van der Waals surface area contributed by atoms with Crippen LogP contribution in [0.4, 0.5) is 0 Å². The van der Waals surface area contributed by atoms with E-state index in [9.17, 15) is 5.11 Å². The fraction of sp³-hybridized carbons (Fsp3) is 0.0769. The molecule has 1 atom stereocenters. The molecule has 0 bridgehead atoms. The van der Waals surface area contributed by atoms with Crippen LogP contribution in [0.5, 0.6) is 11.5 Å². The third-order valence-corrected chi connectivity index (χ3v) is 5.58. The summed E-state index contributed by atoms with van der Waals surface area (Å²) in [7, 11) is 1.69. The molecule has 0 aliphatic heterocycles. The van der Waals surface area contributed by atoms with Crippen LogP contribution in [0.15, 0.2) is 91.0 Å². The van der Waals surface area contributed by atoms with Crippen LogP contribution >= 0.6 is 0 Å². The van der Waals surface area contributed by atoms with Crippen molar-refractivity contribution in [2.45, 2.75) is 5.92 Å². The van der Waals surface area contributed by atoms with Gasteiger partial charge in [0.2, 0.25) is 0 Å². The number of rotatable bonds is 3. The summed E-state index contributed by atoms with van der Waals surface area (Å²) >= 11 is 0. The molecule has 0 fully saturated rings. The van der Waals surface area contributed by atoms with Crippen molar-refractivity contribution in [1.29, 1.82) is 0 Å². The molecular formula is C26H20O2. The van der Waals surface area contributed by atoms with E-state index < -0.39 is 0 Å². The lowest BCUT2D eigenvalue weighted by Gasteiger charge is -2.18. The maximum atomic E-state index is 9.71. The number of methoxy groups -OCH3 is 1. The molecule has 1 aliphatic carbocycles. The number of benzene rings is 4. The van der Waals surface area contributed by atoms with E-state index in [1.165, 1.54) is 33.4 Å². The normalized spacial score (nSPS) is 14.4. The second kappa shape index (κ2) is 6.58. The Balaban J connectivity index is 1.76. The summed E-state index contributed by atoms with van der Waals surface area (Å²) in [6, 6.07) is 31.0. The lowest BCUT2D eigenvalue weighted by atomic mass is 9.85. The van der Waals surface area contributed by atoms with E-state index in [0.717, 1.165) is 11.3 Å². The highest BCUT2D eigenvalue weighted by atomic mass is 16.5. The first kappa shape index (κ1) is 16.6. The Hall–Kier alpha value is -3.52. The summed E-state index contributed by atoms with van der Waals surface area (Å²) in [4.78, 5) is 0. The average molecular weight is 364 g/mol. The van der Waals surface area contributed by atoms with Crippen molar-refractivity contribution in [1.82, 2.24) is 0 Å². The molecule has 0 spiro atoms. The number of hydrogen-bond acceptors (Lipinski definition) is 2. The third-order valence-electron chi connectivity index (χ3n) is 5.58. The molecule has 2 nitrogen and oxygen atoms in total. The van der Waals surface area contributed by atoms with E-state index in [0.29, 0.717) is 0 Å². The van der Waals surface area contributed by atoms with Crippen LogP contribution in [0.2, 0.25) is 0 Å². The molecule has 1 unspecified atom stereocenters. The summed E-state index contributed by atoms with van der Waals surface area (Å²) in [6.45, 7) is 0. The zero-order chi connectivity index (χ0) is 19.1. The molecule has 1 aliphatic rings. The molecule has 5 rings (SSSR count). The third kappa shape index (κ3) is 2.57. The Morgan fingerprint density at radius 3 is 2.11 bits per heavy atom. The smallest absolute Gasteiger partial charge is 0.118 e. The van der Waals surface area contributed by atoms with Gasteiger partial charge < -0.3 is 9.84 Å². The Morgan fingerprint density at radius 1 is 0.679 bits per heavy atom. The monoisotopic (exact) mass is 364 g/mol. The number of ether oxygens (including phenoxy) is 1. The van der Waals surface area contributed by atoms with E-state index in [1.54, 1.807) is 19.2 Å². The molecule has 4 aromatic carbocycles. The predicted molar refractivity (Wildman–Crippen MR) is 113 cm³/mol. The van der Waals surface area contributed by atoms with Crippen molar-refractivity contribution >= 4 is 0 Å². The Kier molecular flexibility index (Phi) is 3.91. The maximum Gasteiger partial charge on any atom is 0.118 e. The van der Waals surface area contributed by atoms with Crippen LogP contribution in [-0.2, 0) is 0 Å². The second-order valence-electron chi connectivity index (χ2n) is 7.11. The molecule has 2 heteroatoms. The van der Waals surface area contributed by atoms with Gasteiger partial charge in [-0.15, -0.1) is 0 Å². The van der Waals surface area contributed by atoms with E-state index in [2.05, 4.69) is 54.6 Å². The first-order chi connectivity index (χ1) is 13.8. The van der Waals surface area contributed by atoms with Gasteiger partial charge in [-0.05, 0) is 63.2 Å². The molecule has 136 valence electrons. The fourth-order valence-electron chi connectivity index (χ4n) is 4.30. The van der Waals surface area contributed by atoms with Crippen molar-refractivity contribution in [2.75, 3.05) is 7.11 Å². The molecule has 28 heavy (non-hydrogen) atoms. The number of phenols is 1.